The molecule has 2 rings (SSSR count). The summed E-state index contributed by atoms with van der Waals surface area (Å²) in [4.78, 5) is 4.50. The van der Waals surface area contributed by atoms with Crippen LogP contribution in [-0.2, 0) is 10.0 Å². The van der Waals surface area contributed by atoms with E-state index in [1.54, 1.807) is 0 Å². The third-order valence-electron chi connectivity index (χ3n) is 3.35. The van der Waals surface area contributed by atoms with E-state index in [-0.39, 0.29) is 12.0 Å². The topological polar surface area (TPSA) is 79.8 Å². The van der Waals surface area contributed by atoms with Gasteiger partial charge in [0.1, 0.15) is 5.75 Å². The van der Waals surface area contributed by atoms with Gasteiger partial charge in [-0.15, -0.1) is 0 Å². The first-order valence-corrected chi connectivity index (χ1v) is 9.41. The minimum Gasteiger partial charge on any atom is -0.494 e. The molecule has 122 valence electrons. The summed E-state index contributed by atoms with van der Waals surface area (Å²) in [7, 11) is -3.37. The van der Waals surface area contributed by atoms with E-state index in [4.69, 9.17) is 4.74 Å². The van der Waals surface area contributed by atoms with Crippen molar-refractivity contribution in [2.24, 2.45) is 4.99 Å². The molecule has 1 saturated carbocycles. The second kappa shape index (κ2) is 7.49. The largest absolute Gasteiger partial charge is 0.494 e. The summed E-state index contributed by atoms with van der Waals surface area (Å²) in [5, 5.41) is 3.04. The molecule has 0 saturated heterocycles. The molecule has 22 heavy (non-hydrogen) atoms. The molecule has 0 aromatic heterocycles. The first kappa shape index (κ1) is 16.6. The smallest absolute Gasteiger partial charge is 0.232 e. The summed E-state index contributed by atoms with van der Waals surface area (Å²) in [6.45, 7) is 2.53. The van der Waals surface area contributed by atoms with Crippen molar-refractivity contribution in [2.45, 2.75) is 38.6 Å². The first-order valence-electron chi connectivity index (χ1n) is 7.52. The van der Waals surface area contributed by atoms with Crippen molar-refractivity contribution in [3.05, 3.63) is 24.3 Å². The summed E-state index contributed by atoms with van der Waals surface area (Å²) >= 11 is 0. The number of anilines is 1. The molecular formula is C15H23N3O3S. The van der Waals surface area contributed by atoms with E-state index in [9.17, 15) is 8.42 Å². The Balaban J connectivity index is 2.10. The fourth-order valence-corrected chi connectivity index (χ4v) is 2.87. The number of sulfonamides is 1. The van der Waals surface area contributed by atoms with Crippen molar-refractivity contribution >= 4 is 21.7 Å². The number of aliphatic imine (C=N–C) groups is 1. The molecular weight excluding hydrogens is 302 g/mol. The van der Waals surface area contributed by atoms with E-state index < -0.39 is 10.0 Å². The highest BCUT2D eigenvalue weighted by molar-refractivity contribution is 7.89. The zero-order valence-corrected chi connectivity index (χ0v) is 13.8. The van der Waals surface area contributed by atoms with Gasteiger partial charge in [-0.1, -0.05) is 12.8 Å². The normalized spacial score (nSPS) is 16.5. The van der Waals surface area contributed by atoms with Gasteiger partial charge in [-0.05, 0) is 44.0 Å². The van der Waals surface area contributed by atoms with E-state index in [1.165, 1.54) is 0 Å². The van der Waals surface area contributed by atoms with E-state index in [1.807, 2.05) is 31.2 Å². The molecule has 0 spiro atoms. The van der Waals surface area contributed by atoms with Gasteiger partial charge < -0.3 is 10.1 Å². The Morgan fingerprint density at radius 2 is 1.91 bits per heavy atom. The highest BCUT2D eigenvalue weighted by Gasteiger charge is 2.16. The number of benzene rings is 1. The van der Waals surface area contributed by atoms with Crippen LogP contribution in [0.15, 0.2) is 29.3 Å². The van der Waals surface area contributed by atoms with Crippen LogP contribution in [0.5, 0.6) is 5.75 Å². The van der Waals surface area contributed by atoms with Crippen LogP contribution in [0.3, 0.4) is 0 Å². The van der Waals surface area contributed by atoms with Crippen LogP contribution >= 0.6 is 0 Å². The van der Waals surface area contributed by atoms with Gasteiger partial charge in [0.05, 0.1) is 18.9 Å². The maximum Gasteiger partial charge on any atom is 0.232 e. The molecule has 0 bridgehead atoms. The Labute approximate surface area is 132 Å². The molecule has 1 aromatic carbocycles. The van der Waals surface area contributed by atoms with Crippen LogP contribution < -0.4 is 14.8 Å². The lowest BCUT2D eigenvalue weighted by Gasteiger charge is -2.14. The third kappa shape index (κ3) is 5.55. The molecule has 0 unspecified atom stereocenters. The summed E-state index contributed by atoms with van der Waals surface area (Å²) < 4.78 is 30.8. The Bertz CT molecular complexity index is 605. The predicted molar refractivity (Wildman–Crippen MR) is 88.9 cm³/mol. The number of guanidine groups is 1. The maximum atomic E-state index is 11.5. The lowest BCUT2D eigenvalue weighted by atomic mass is 10.3. The third-order valence-corrected chi connectivity index (χ3v) is 3.91. The molecule has 2 N–H and O–H groups in total. The molecule has 1 aliphatic carbocycles. The molecule has 1 aliphatic rings. The molecule has 1 aromatic rings. The summed E-state index contributed by atoms with van der Waals surface area (Å²) in [6, 6.07) is 7.51. The summed E-state index contributed by atoms with van der Waals surface area (Å²) in [5.41, 5.74) is 0.761. The van der Waals surface area contributed by atoms with E-state index in [0.29, 0.717) is 6.61 Å². The Morgan fingerprint density at radius 3 is 2.45 bits per heavy atom. The minimum absolute atomic E-state index is 0.180. The second-order valence-corrected chi connectivity index (χ2v) is 7.12. The lowest BCUT2D eigenvalue weighted by molar-refractivity contribution is 0.340. The lowest BCUT2D eigenvalue weighted by Crippen LogP contribution is -2.36. The van der Waals surface area contributed by atoms with E-state index in [2.05, 4.69) is 15.0 Å². The minimum atomic E-state index is -3.37. The predicted octanol–water partition coefficient (Wildman–Crippen LogP) is 2.35. The molecule has 1 fully saturated rings. The zero-order valence-electron chi connectivity index (χ0n) is 13.0. The number of hydrogen-bond acceptors (Lipinski definition) is 4. The fraction of sp³-hybridized carbons (Fsp3) is 0.533. The van der Waals surface area contributed by atoms with Gasteiger partial charge in [0.2, 0.25) is 16.0 Å². The highest BCUT2D eigenvalue weighted by Crippen LogP contribution is 2.21. The van der Waals surface area contributed by atoms with Crippen molar-refractivity contribution in [1.29, 1.82) is 0 Å². The fourth-order valence-electron chi connectivity index (χ4n) is 2.41. The van der Waals surface area contributed by atoms with Crippen LogP contribution in [0.25, 0.3) is 0 Å². The molecule has 0 heterocycles. The Hall–Kier alpha value is -1.76. The zero-order chi connectivity index (χ0) is 16.0. The summed E-state index contributed by atoms with van der Waals surface area (Å²) in [6.07, 6.45) is 5.41. The molecule has 0 atom stereocenters. The number of nitrogens with zero attached hydrogens (tertiary/aromatic N) is 1. The Morgan fingerprint density at radius 1 is 1.27 bits per heavy atom. The van der Waals surface area contributed by atoms with Gasteiger partial charge >= 0.3 is 0 Å². The molecule has 0 aliphatic heterocycles. The van der Waals surface area contributed by atoms with Crippen LogP contribution in [0.4, 0.5) is 5.69 Å². The van der Waals surface area contributed by atoms with Gasteiger partial charge in [-0.25, -0.2) is 13.4 Å². The number of nitrogens with one attached hydrogen (secondary N) is 2. The van der Waals surface area contributed by atoms with Gasteiger partial charge in [0, 0.05) is 5.69 Å². The monoisotopic (exact) mass is 325 g/mol. The summed E-state index contributed by atoms with van der Waals surface area (Å²) in [5.74, 6) is 1.05. The van der Waals surface area contributed by atoms with Gasteiger partial charge in [0.15, 0.2) is 0 Å². The van der Waals surface area contributed by atoms with Crippen molar-refractivity contribution in [3.8, 4) is 5.75 Å². The Kier molecular flexibility index (Phi) is 5.65. The number of ether oxygens (including phenoxy) is 1. The van der Waals surface area contributed by atoms with E-state index >= 15 is 0 Å². The van der Waals surface area contributed by atoms with E-state index in [0.717, 1.165) is 43.4 Å². The molecule has 7 heteroatoms. The maximum absolute atomic E-state index is 11.5. The van der Waals surface area contributed by atoms with Crippen molar-refractivity contribution in [2.75, 3.05) is 18.2 Å². The average Bonchev–Trinajstić information content (AvgIpc) is 2.92. The second-order valence-electron chi connectivity index (χ2n) is 5.37. The number of hydrogen-bond donors (Lipinski definition) is 2. The quantitative estimate of drug-likeness (QED) is 0.643. The average molecular weight is 325 g/mol. The van der Waals surface area contributed by atoms with Gasteiger partial charge in [-0.2, -0.15) is 0 Å². The van der Waals surface area contributed by atoms with Crippen LogP contribution in [0, 0.1) is 0 Å². The van der Waals surface area contributed by atoms with Crippen LogP contribution in [0.1, 0.15) is 32.6 Å². The molecule has 0 radical (unpaired) electrons. The first-order chi connectivity index (χ1) is 10.5. The van der Waals surface area contributed by atoms with Crippen molar-refractivity contribution < 1.29 is 13.2 Å². The number of rotatable bonds is 5. The van der Waals surface area contributed by atoms with Crippen molar-refractivity contribution in [1.82, 2.24) is 4.72 Å². The highest BCUT2D eigenvalue weighted by atomic mass is 32.2. The molecule has 6 nitrogen and oxygen atoms in total. The van der Waals surface area contributed by atoms with Crippen molar-refractivity contribution in [3.63, 3.8) is 0 Å². The van der Waals surface area contributed by atoms with Crippen LogP contribution in [-0.4, -0.2) is 33.3 Å². The van der Waals surface area contributed by atoms with Gasteiger partial charge in [-0.3, -0.25) is 4.72 Å². The SMILES string of the molecule is CCOc1ccc(NC(=NC2CCCC2)NS(C)(=O)=O)cc1. The van der Waals surface area contributed by atoms with Gasteiger partial charge in [0.25, 0.3) is 0 Å². The standard InChI is InChI=1S/C15H23N3O3S/c1-3-21-14-10-8-13(9-11-14)17-15(18-22(2,19)20)16-12-6-4-5-7-12/h8-12H,3-7H2,1-2H3,(H2,16,17,18). The van der Waals surface area contributed by atoms with Crippen LogP contribution in [0.2, 0.25) is 0 Å². The molecule has 0 amide bonds.